The topological polar surface area (TPSA) is 69.7 Å². The molecule has 3 aromatic rings. The molecule has 6 rings (SSSR count). The Hall–Kier alpha value is -4.14. The number of barbiturate groups is 1. The molecule has 3 aromatic carbocycles. The maximum Gasteiger partial charge on any atom is 0.416 e. The Kier molecular flexibility index (Phi) is 5.55. The third kappa shape index (κ3) is 3.68. The summed E-state index contributed by atoms with van der Waals surface area (Å²) in [6.07, 6.45) is -3.69. The van der Waals surface area contributed by atoms with Crippen molar-refractivity contribution in [2.24, 2.45) is 5.41 Å². The number of amides is 4. The molecule has 2 saturated heterocycles. The molecule has 6 nitrogen and oxygen atoms in total. The Balaban J connectivity index is 1.51. The molecule has 0 unspecified atom stereocenters. The van der Waals surface area contributed by atoms with Crippen LogP contribution in [-0.4, -0.2) is 30.4 Å². The number of carbonyl (C=O) groups is 3. The molecule has 3 atom stereocenters. The third-order valence-electron chi connectivity index (χ3n) is 8.06. The SMILES string of the molecule is O=C1NC(=O)[C@]2(Cc3cc(C(F)(F)F)ccc3N3CC[C@H](c4ccccc4)C[C@H]32)C(=O)N1c1ccccc1. The molecule has 3 heterocycles. The zero-order chi connectivity index (χ0) is 26.7. The number of piperidine rings is 1. The lowest BCUT2D eigenvalue weighted by atomic mass is 9.64. The summed E-state index contributed by atoms with van der Waals surface area (Å²) in [4.78, 5) is 43.8. The van der Waals surface area contributed by atoms with Gasteiger partial charge in [0.15, 0.2) is 5.41 Å². The van der Waals surface area contributed by atoms with Crippen LogP contribution in [0.2, 0.25) is 0 Å². The lowest BCUT2D eigenvalue weighted by Gasteiger charge is -2.55. The molecule has 1 spiro atoms. The summed E-state index contributed by atoms with van der Waals surface area (Å²) in [7, 11) is 0. The zero-order valence-corrected chi connectivity index (χ0v) is 20.2. The first-order chi connectivity index (χ1) is 18.2. The van der Waals surface area contributed by atoms with Gasteiger partial charge in [-0.15, -0.1) is 0 Å². The number of fused-ring (bicyclic) bond motifs is 4. The van der Waals surface area contributed by atoms with Crippen LogP contribution in [0.25, 0.3) is 0 Å². The van der Waals surface area contributed by atoms with Crippen LogP contribution in [0.1, 0.15) is 35.4 Å². The summed E-state index contributed by atoms with van der Waals surface area (Å²) in [5.74, 6) is -1.45. The third-order valence-corrected chi connectivity index (χ3v) is 8.06. The lowest BCUT2D eigenvalue weighted by molar-refractivity contribution is -0.145. The highest BCUT2D eigenvalue weighted by Crippen LogP contribution is 2.51. The first-order valence-electron chi connectivity index (χ1n) is 12.5. The minimum atomic E-state index is -4.58. The molecule has 0 bridgehead atoms. The number of carbonyl (C=O) groups excluding carboxylic acids is 3. The second kappa shape index (κ2) is 8.72. The second-order valence-corrected chi connectivity index (χ2v) is 10.1. The van der Waals surface area contributed by atoms with E-state index < -0.39 is 41.0 Å². The number of para-hydroxylation sites is 1. The molecule has 0 aromatic heterocycles. The van der Waals surface area contributed by atoms with Crippen LogP contribution in [0.5, 0.6) is 0 Å². The molecule has 1 N–H and O–H groups in total. The summed E-state index contributed by atoms with van der Waals surface area (Å²) >= 11 is 0. The second-order valence-electron chi connectivity index (χ2n) is 10.1. The predicted molar refractivity (Wildman–Crippen MR) is 135 cm³/mol. The van der Waals surface area contributed by atoms with Gasteiger partial charge in [-0.2, -0.15) is 13.2 Å². The van der Waals surface area contributed by atoms with E-state index in [1.165, 1.54) is 6.07 Å². The van der Waals surface area contributed by atoms with Crippen LogP contribution >= 0.6 is 0 Å². The van der Waals surface area contributed by atoms with Gasteiger partial charge in [-0.1, -0.05) is 48.5 Å². The number of nitrogens with zero attached hydrogens (tertiary/aromatic N) is 2. The fourth-order valence-corrected chi connectivity index (χ4v) is 6.27. The number of hydrogen-bond acceptors (Lipinski definition) is 4. The molecule has 9 heteroatoms. The van der Waals surface area contributed by atoms with Crippen molar-refractivity contribution in [3.05, 3.63) is 95.6 Å². The van der Waals surface area contributed by atoms with Gasteiger partial charge in [0.2, 0.25) is 5.91 Å². The normalized spacial score (nSPS) is 25.2. The van der Waals surface area contributed by atoms with E-state index in [0.717, 1.165) is 22.6 Å². The number of halogens is 3. The van der Waals surface area contributed by atoms with Crippen LogP contribution in [-0.2, 0) is 22.2 Å². The minimum Gasteiger partial charge on any atom is -0.367 e. The van der Waals surface area contributed by atoms with Gasteiger partial charge in [0, 0.05) is 12.2 Å². The van der Waals surface area contributed by atoms with Gasteiger partial charge in [-0.05, 0) is 66.6 Å². The van der Waals surface area contributed by atoms with Gasteiger partial charge in [-0.25, -0.2) is 9.69 Å². The van der Waals surface area contributed by atoms with Crippen molar-refractivity contribution in [1.82, 2.24) is 5.32 Å². The Morgan fingerprint density at radius 3 is 2.26 bits per heavy atom. The van der Waals surface area contributed by atoms with Crippen LogP contribution in [0.3, 0.4) is 0 Å². The smallest absolute Gasteiger partial charge is 0.367 e. The number of nitrogens with one attached hydrogen (secondary N) is 1. The van der Waals surface area contributed by atoms with Crippen molar-refractivity contribution in [1.29, 1.82) is 0 Å². The van der Waals surface area contributed by atoms with E-state index >= 15 is 0 Å². The van der Waals surface area contributed by atoms with Crippen LogP contribution < -0.4 is 15.1 Å². The van der Waals surface area contributed by atoms with Crippen molar-refractivity contribution in [3.63, 3.8) is 0 Å². The maximum absolute atomic E-state index is 14.3. The zero-order valence-electron chi connectivity index (χ0n) is 20.2. The molecular weight excluding hydrogens is 495 g/mol. The lowest BCUT2D eigenvalue weighted by Crippen LogP contribution is -2.73. The summed E-state index contributed by atoms with van der Waals surface area (Å²) in [5, 5.41) is 2.36. The number of benzene rings is 3. The highest BCUT2D eigenvalue weighted by molar-refractivity contribution is 6.30. The van der Waals surface area contributed by atoms with Crippen LogP contribution in [0.4, 0.5) is 29.3 Å². The standard InChI is InChI=1S/C29H24F3N3O3/c30-29(31,32)21-11-12-23-20(15-21)17-28(24-16-19(13-14-34(23)24)18-7-3-1-4-8-18)25(36)33-27(38)35(26(28)37)22-9-5-2-6-10-22/h1-12,15,19,24H,13-14,16-17H2,(H,33,36,38)/t19-,24-,28+/m0/s1. The number of imide groups is 2. The predicted octanol–water partition coefficient (Wildman–Crippen LogP) is 5.28. The quantitative estimate of drug-likeness (QED) is 0.468. The average Bonchev–Trinajstić information content (AvgIpc) is 2.92. The van der Waals surface area contributed by atoms with Gasteiger partial charge in [-0.3, -0.25) is 14.9 Å². The molecule has 0 radical (unpaired) electrons. The van der Waals surface area contributed by atoms with Crippen LogP contribution in [0.15, 0.2) is 78.9 Å². The van der Waals surface area contributed by atoms with Gasteiger partial charge < -0.3 is 4.90 Å². The van der Waals surface area contributed by atoms with E-state index in [-0.39, 0.29) is 17.9 Å². The summed E-state index contributed by atoms with van der Waals surface area (Å²) < 4.78 is 40.9. The van der Waals surface area contributed by atoms with Crippen molar-refractivity contribution < 1.29 is 27.6 Å². The van der Waals surface area contributed by atoms with E-state index in [0.29, 0.717) is 30.8 Å². The van der Waals surface area contributed by atoms with E-state index in [1.54, 1.807) is 30.3 Å². The van der Waals surface area contributed by atoms with E-state index in [9.17, 15) is 27.6 Å². The van der Waals surface area contributed by atoms with E-state index in [2.05, 4.69) is 5.32 Å². The molecule has 4 amide bonds. The summed E-state index contributed by atoms with van der Waals surface area (Å²) in [6.45, 7) is 0.449. The van der Waals surface area contributed by atoms with Crippen molar-refractivity contribution in [2.45, 2.75) is 37.4 Å². The largest absolute Gasteiger partial charge is 0.416 e. The molecule has 194 valence electrons. The number of anilines is 2. The van der Waals surface area contributed by atoms with Gasteiger partial charge in [0.1, 0.15) is 0 Å². The number of rotatable bonds is 2. The van der Waals surface area contributed by atoms with Crippen LogP contribution in [0, 0.1) is 5.41 Å². The number of urea groups is 1. The summed E-state index contributed by atoms with van der Waals surface area (Å²) in [6, 6.07) is 20.0. The molecule has 38 heavy (non-hydrogen) atoms. The van der Waals surface area contributed by atoms with E-state index in [1.807, 2.05) is 35.2 Å². The fourth-order valence-electron chi connectivity index (χ4n) is 6.27. The molecule has 2 fully saturated rings. The first kappa shape index (κ1) is 24.2. The van der Waals surface area contributed by atoms with Crippen molar-refractivity contribution >= 4 is 29.2 Å². The highest BCUT2D eigenvalue weighted by atomic mass is 19.4. The number of hydrogen-bond donors (Lipinski definition) is 1. The van der Waals surface area contributed by atoms with Gasteiger partial charge in [0.05, 0.1) is 17.3 Å². The molecular formula is C29H24F3N3O3. The Morgan fingerprint density at radius 1 is 0.895 bits per heavy atom. The highest BCUT2D eigenvalue weighted by Gasteiger charge is 2.63. The maximum atomic E-state index is 14.3. The van der Waals surface area contributed by atoms with Crippen molar-refractivity contribution in [3.8, 4) is 0 Å². The first-order valence-corrected chi connectivity index (χ1v) is 12.5. The van der Waals surface area contributed by atoms with E-state index in [4.69, 9.17) is 0 Å². The molecule has 0 aliphatic carbocycles. The average molecular weight is 520 g/mol. The minimum absolute atomic E-state index is 0.0359. The molecule has 3 aliphatic heterocycles. The van der Waals surface area contributed by atoms with Gasteiger partial charge >= 0.3 is 12.2 Å². The van der Waals surface area contributed by atoms with Gasteiger partial charge in [0.25, 0.3) is 5.91 Å². The summed E-state index contributed by atoms with van der Waals surface area (Å²) in [5.41, 5.74) is -0.416. The van der Waals surface area contributed by atoms with Crippen molar-refractivity contribution in [2.75, 3.05) is 16.3 Å². The monoisotopic (exact) mass is 519 g/mol. The Bertz CT molecular complexity index is 1430. The molecule has 3 aliphatic rings. The fraction of sp³-hybridized carbons (Fsp3) is 0.276. The Morgan fingerprint density at radius 2 is 1.58 bits per heavy atom. The molecule has 0 saturated carbocycles. The Labute approximate surface area is 217 Å². The number of alkyl halides is 3.